The molecule has 86 valence electrons. The van der Waals surface area contributed by atoms with Gasteiger partial charge in [0, 0.05) is 12.3 Å². The third kappa shape index (κ3) is 4.37. The SMILES string of the molecule is CC(O)C(C)C(O)CC(O)C(C)(C)O. The van der Waals surface area contributed by atoms with Crippen LogP contribution in [0, 0.1) is 5.92 Å². The molecule has 4 atom stereocenters. The molecule has 0 amide bonds. The molecule has 0 aliphatic carbocycles. The van der Waals surface area contributed by atoms with Crippen LogP contribution in [0.4, 0.5) is 0 Å². The van der Waals surface area contributed by atoms with Gasteiger partial charge in [-0.15, -0.1) is 0 Å². The molecule has 0 bridgehead atoms. The molecular weight excluding hydrogens is 184 g/mol. The van der Waals surface area contributed by atoms with Crippen LogP contribution in [0.3, 0.4) is 0 Å². The van der Waals surface area contributed by atoms with Crippen LogP contribution < -0.4 is 0 Å². The van der Waals surface area contributed by atoms with E-state index in [1.165, 1.54) is 13.8 Å². The van der Waals surface area contributed by atoms with Gasteiger partial charge in [-0.3, -0.25) is 0 Å². The van der Waals surface area contributed by atoms with Crippen LogP contribution in [0.5, 0.6) is 0 Å². The predicted molar refractivity (Wildman–Crippen MR) is 53.8 cm³/mol. The molecule has 14 heavy (non-hydrogen) atoms. The van der Waals surface area contributed by atoms with Crippen LogP contribution >= 0.6 is 0 Å². The summed E-state index contributed by atoms with van der Waals surface area (Å²) in [6.45, 7) is 6.26. The molecule has 0 aliphatic rings. The fourth-order valence-electron chi connectivity index (χ4n) is 1.05. The van der Waals surface area contributed by atoms with Crippen LogP contribution in [0.25, 0.3) is 0 Å². The Morgan fingerprint density at radius 3 is 1.79 bits per heavy atom. The van der Waals surface area contributed by atoms with Crippen molar-refractivity contribution in [2.24, 2.45) is 5.92 Å². The number of hydrogen-bond acceptors (Lipinski definition) is 4. The molecule has 0 fully saturated rings. The highest BCUT2D eigenvalue weighted by molar-refractivity contribution is 4.81. The fraction of sp³-hybridized carbons (Fsp3) is 1.00. The zero-order chi connectivity index (χ0) is 11.5. The van der Waals surface area contributed by atoms with Gasteiger partial charge < -0.3 is 20.4 Å². The second-order valence-corrected chi connectivity index (χ2v) is 4.57. The Bertz CT molecular complexity index is 162. The van der Waals surface area contributed by atoms with Crippen LogP contribution in [-0.4, -0.2) is 44.3 Å². The molecule has 4 nitrogen and oxygen atoms in total. The predicted octanol–water partition coefficient (Wildman–Crippen LogP) is -0.114. The fourth-order valence-corrected chi connectivity index (χ4v) is 1.05. The summed E-state index contributed by atoms with van der Waals surface area (Å²) >= 11 is 0. The van der Waals surface area contributed by atoms with Gasteiger partial charge in [0.1, 0.15) is 0 Å². The molecule has 0 aromatic carbocycles. The maximum Gasteiger partial charge on any atom is 0.0850 e. The third-order valence-electron chi connectivity index (χ3n) is 2.65. The number of aliphatic hydroxyl groups excluding tert-OH is 3. The van der Waals surface area contributed by atoms with Crippen LogP contribution in [-0.2, 0) is 0 Å². The molecule has 0 radical (unpaired) electrons. The van der Waals surface area contributed by atoms with Crippen molar-refractivity contribution in [3.05, 3.63) is 0 Å². The van der Waals surface area contributed by atoms with Gasteiger partial charge in [-0.25, -0.2) is 0 Å². The van der Waals surface area contributed by atoms with E-state index in [0.717, 1.165) is 0 Å². The highest BCUT2D eigenvalue weighted by Crippen LogP contribution is 2.19. The van der Waals surface area contributed by atoms with Gasteiger partial charge in [0.2, 0.25) is 0 Å². The van der Waals surface area contributed by atoms with E-state index in [1.54, 1.807) is 13.8 Å². The molecule has 0 heterocycles. The van der Waals surface area contributed by atoms with Crippen LogP contribution in [0.1, 0.15) is 34.1 Å². The molecular formula is C10H22O4. The first-order valence-electron chi connectivity index (χ1n) is 4.92. The van der Waals surface area contributed by atoms with Crippen molar-refractivity contribution < 1.29 is 20.4 Å². The Morgan fingerprint density at radius 2 is 1.50 bits per heavy atom. The summed E-state index contributed by atoms with van der Waals surface area (Å²) in [7, 11) is 0. The molecule has 0 aromatic heterocycles. The smallest absolute Gasteiger partial charge is 0.0850 e. The maximum absolute atomic E-state index is 9.59. The Morgan fingerprint density at radius 1 is 1.07 bits per heavy atom. The zero-order valence-corrected chi connectivity index (χ0v) is 9.31. The molecule has 0 saturated heterocycles. The standard InChI is InChI=1S/C10H22O4/c1-6(7(2)11)8(12)5-9(13)10(3,4)14/h6-9,11-14H,5H2,1-4H3. The molecule has 0 aliphatic heterocycles. The monoisotopic (exact) mass is 206 g/mol. The van der Waals surface area contributed by atoms with E-state index < -0.39 is 23.9 Å². The average Bonchev–Trinajstić information content (AvgIpc) is 2.00. The van der Waals surface area contributed by atoms with Gasteiger partial charge in [-0.2, -0.15) is 0 Å². The van der Waals surface area contributed by atoms with Crippen molar-refractivity contribution in [3.8, 4) is 0 Å². The van der Waals surface area contributed by atoms with Gasteiger partial charge in [-0.05, 0) is 20.8 Å². The lowest BCUT2D eigenvalue weighted by Gasteiger charge is -2.29. The molecule has 4 unspecified atom stereocenters. The maximum atomic E-state index is 9.59. The zero-order valence-electron chi connectivity index (χ0n) is 9.31. The van der Waals surface area contributed by atoms with Gasteiger partial charge in [0.15, 0.2) is 0 Å². The van der Waals surface area contributed by atoms with E-state index in [-0.39, 0.29) is 12.3 Å². The van der Waals surface area contributed by atoms with Crippen molar-refractivity contribution in [2.45, 2.75) is 58.0 Å². The highest BCUT2D eigenvalue weighted by atomic mass is 16.3. The molecule has 4 N–H and O–H groups in total. The Kier molecular flexibility index (Phi) is 5.01. The number of rotatable bonds is 5. The van der Waals surface area contributed by atoms with Crippen molar-refractivity contribution in [2.75, 3.05) is 0 Å². The molecule has 0 saturated carbocycles. The number of hydrogen-bond donors (Lipinski definition) is 4. The van der Waals surface area contributed by atoms with Gasteiger partial charge in [0.25, 0.3) is 0 Å². The summed E-state index contributed by atoms with van der Waals surface area (Å²) in [6.07, 6.45) is -2.36. The second-order valence-electron chi connectivity index (χ2n) is 4.57. The minimum Gasteiger partial charge on any atom is -0.393 e. The summed E-state index contributed by atoms with van der Waals surface area (Å²) in [5.74, 6) is -0.313. The lowest BCUT2D eigenvalue weighted by Crippen LogP contribution is -2.41. The second kappa shape index (κ2) is 5.07. The molecule has 0 aromatic rings. The number of aliphatic hydroxyl groups is 4. The van der Waals surface area contributed by atoms with Crippen LogP contribution in [0.2, 0.25) is 0 Å². The van der Waals surface area contributed by atoms with E-state index in [2.05, 4.69) is 0 Å². The van der Waals surface area contributed by atoms with E-state index in [0.29, 0.717) is 0 Å². The normalized spacial score (nSPS) is 21.4. The highest BCUT2D eigenvalue weighted by Gasteiger charge is 2.29. The first-order valence-corrected chi connectivity index (χ1v) is 4.92. The summed E-state index contributed by atoms with van der Waals surface area (Å²) in [4.78, 5) is 0. The van der Waals surface area contributed by atoms with Crippen molar-refractivity contribution in [3.63, 3.8) is 0 Å². The van der Waals surface area contributed by atoms with Gasteiger partial charge in [0.05, 0.1) is 23.9 Å². The molecule has 0 rings (SSSR count). The molecule has 0 spiro atoms. The Balaban J connectivity index is 4.12. The van der Waals surface area contributed by atoms with Crippen LogP contribution in [0.15, 0.2) is 0 Å². The van der Waals surface area contributed by atoms with Gasteiger partial charge in [-0.1, -0.05) is 6.92 Å². The van der Waals surface area contributed by atoms with E-state index in [1.807, 2.05) is 0 Å². The van der Waals surface area contributed by atoms with Crippen molar-refractivity contribution >= 4 is 0 Å². The quantitative estimate of drug-likeness (QED) is 0.506. The Hall–Kier alpha value is -0.160. The lowest BCUT2D eigenvalue weighted by atomic mass is 9.89. The van der Waals surface area contributed by atoms with E-state index >= 15 is 0 Å². The molecule has 4 heteroatoms. The van der Waals surface area contributed by atoms with Gasteiger partial charge >= 0.3 is 0 Å². The lowest BCUT2D eigenvalue weighted by molar-refractivity contribution is -0.0810. The summed E-state index contributed by atoms with van der Waals surface area (Å²) in [5, 5.41) is 37.7. The summed E-state index contributed by atoms with van der Waals surface area (Å²) in [6, 6.07) is 0. The first-order chi connectivity index (χ1) is 6.16. The van der Waals surface area contributed by atoms with E-state index in [4.69, 9.17) is 0 Å². The summed E-state index contributed by atoms with van der Waals surface area (Å²) in [5.41, 5.74) is -1.22. The van der Waals surface area contributed by atoms with Crippen molar-refractivity contribution in [1.29, 1.82) is 0 Å². The minimum atomic E-state index is -1.22. The van der Waals surface area contributed by atoms with E-state index in [9.17, 15) is 20.4 Å². The topological polar surface area (TPSA) is 80.9 Å². The third-order valence-corrected chi connectivity index (χ3v) is 2.65. The first kappa shape index (κ1) is 13.8. The summed E-state index contributed by atoms with van der Waals surface area (Å²) < 4.78 is 0. The average molecular weight is 206 g/mol. The Labute approximate surface area is 85.2 Å². The van der Waals surface area contributed by atoms with Crippen molar-refractivity contribution in [1.82, 2.24) is 0 Å². The largest absolute Gasteiger partial charge is 0.393 e. The minimum absolute atomic E-state index is 0.0650.